The van der Waals surface area contributed by atoms with E-state index in [0.29, 0.717) is 13.1 Å². The summed E-state index contributed by atoms with van der Waals surface area (Å²) in [7, 11) is 0. The highest BCUT2D eigenvalue weighted by molar-refractivity contribution is 5.56. The predicted molar refractivity (Wildman–Crippen MR) is 77.3 cm³/mol. The van der Waals surface area contributed by atoms with E-state index in [2.05, 4.69) is 43.9 Å². The molecule has 0 saturated carbocycles. The first-order chi connectivity index (χ1) is 8.95. The molecule has 0 spiro atoms. The minimum absolute atomic E-state index is 0.0453. The number of aryl methyl sites for hydroxylation is 1. The summed E-state index contributed by atoms with van der Waals surface area (Å²) in [6.45, 7) is 8.27. The third-order valence-corrected chi connectivity index (χ3v) is 3.49. The van der Waals surface area contributed by atoms with E-state index in [-0.39, 0.29) is 18.3 Å². The third-order valence-electron chi connectivity index (χ3n) is 3.49. The van der Waals surface area contributed by atoms with Gasteiger partial charge in [-0.2, -0.15) is 0 Å². The molecule has 2 rings (SSSR count). The summed E-state index contributed by atoms with van der Waals surface area (Å²) in [4.78, 5) is 2.28. The highest BCUT2D eigenvalue weighted by Crippen LogP contribution is 2.29. The van der Waals surface area contributed by atoms with Crippen molar-refractivity contribution in [2.24, 2.45) is 5.73 Å². The van der Waals surface area contributed by atoms with E-state index < -0.39 is 0 Å². The van der Waals surface area contributed by atoms with E-state index >= 15 is 0 Å². The number of aliphatic hydroxyl groups excluding tert-OH is 1. The van der Waals surface area contributed by atoms with Gasteiger partial charge in [0.15, 0.2) is 0 Å². The van der Waals surface area contributed by atoms with E-state index in [1.807, 2.05) is 0 Å². The highest BCUT2D eigenvalue weighted by Gasteiger charge is 2.33. The van der Waals surface area contributed by atoms with Gasteiger partial charge in [0.2, 0.25) is 0 Å². The first kappa shape index (κ1) is 14.3. The first-order valence-electron chi connectivity index (χ1n) is 6.78. The number of aliphatic hydroxyl groups is 1. The summed E-state index contributed by atoms with van der Waals surface area (Å²) in [5, 5.41) is 9.39. The Morgan fingerprint density at radius 1 is 1.47 bits per heavy atom. The molecule has 1 atom stereocenters. The molecule has 4 heteroatoms. The first-order valence-corrected chi connectivity index (χ1v) is 6.78. The maximum atomic E-state index is 9.39. The van der Waals surface area contributed by atoms with Crippen LogP contribution in [-0.4, -0.2) is 36.5 Å². The molecule has 1 aliphatic heterocycles. The molecule has 1 heterocycles. The SMILES string of the molecule is Cc1ccc(CN)c(N2CC(CO)OC(C)(C)C2)c1. The minimum Gasteiger partial charge on any atom is -0.394 e. The van der Waals surface area contributed by atoms with Crippen molar-refractivity contribution in [2.45, 2.75) is 39.0 Å². The van der Waals surface area contributed by atoms with Gasteiger partial charge in [0.1, 0.15) is 0 Å². The van der Waals surface area contributed by atoms with Crippen LogP contribution in [0.2, 0.25) is 0 Å². The number of benzene rings is 1. The van der Waals surface area contributed by atoms with Crippen LogP contribution >= 0.6 is 0 Å². The van der Waals surface area contributed by atoms with Crippen molar-refractivity contribution in [3.05, 3.63) is 29.3 Å². The van der Waals surface area contributed by atoms with Gasteiger partial charge in [-0.1, -0.05) is 12.1 Å². The van der Waals surface area contributed by atoms with Crippen molar-refractivity contribution < 1.29 is 9.84 Å². The molecule has 0 bridgehead atoms. The molecule has 1 aromatic carbocycles. The highest BCUT2D eigenvalue weighted by atomic mass is 16.5. The number of anilines is 1. The Balaban J connectivity index is 2.32. The van der Waals surface area contributed by atoms with Crippen molar-refractivity contribution in [3.8, 4) is 0 Å². The molecule has 1 unspecified atom stereocenters. The van der Waals surface area contributed by atoms with E-state index in [9.17, 15) is 5.11 Å². The summed E-state index contributed by atoms with van der Waals surface area (Å²) in [6.07, 6.45) is -0.144. The predicted octanol–water partition coefficient (Wildman–Crippen LogP) is 1.43. The average molecular weight is 264 g/mol. The smallest absolute Gasteiger partial charge is 0.0988 e. The lowest BCUT2D eigenvalue weighted by Crippen LogP contribution is -2.54. The molecular weight excluding hydrogens is 240 g/mol. The summed E-state index contributed by atoms with van der Waals surface area (Å²) in [5.74, 6) is 0. The lowest BCUT2D eigenvalue weighted by atomic mass is 10.0. The zero-order valence-electron chi connectivity index (χ0n) is 12.0. The lowest BCUT2D eigenvalue weighted by molar-refractivity contribution is -0.101. The molecule has 0 amide bonds. The number of rotatable bonds is 3. The van der Waals surface area contributed by atoms with Gasteiger partial charge in [0.25, 0.3) is 0 Å². The van der Waals surface area contributed by atoms with Crippen LogP contribution in [0.15, 0.2) is 18.2 Å². The Labute approximate surface area is 115 Å². The molecule has 0 aliphatic carbocycles. The van der Waals surface area contributed by atoms with Gasteiger partial charge in [-0.25, -0.2) is 0 Å². The van der Waals surface area contributed by atoms with Crippen LogP contribution < -0.4 is 10.6 Å². The fourth-order valence-corrected chi connectivity index (χ4v) is 2.72. The Kier molecular flexibility index (Phi) is 4.13. The number of nitrogens with two attached hydrogens (primary N) is 1. The monoisotopic (exact) mass is 264 g/mol. The minimum atomic E-state index is -0.263. The Hall–Kier alpha value is -1.10. The number of nitrogens with zero attached hydrogens (tertiary/aromatic N) is 1. The fourth-order valence-electron chi connectivity index (χ4n) is 2.72. The molecular formula is C15H24N2O2. The summed E-state index contributed by atoms with van der Waals surface area (Å²) >= 11 is 0. The van der Waals surface area contributed by atoms with Crippen LogP contribution in [0.3, 0.4) is 0 Å². The molecule has 19 heavy (non-hydrogen) atoms. The maximum absolute atomic E-state index is 9.39. The Bertz CT molecular complexity index is 446. The van der Waals surface area contributed by atoms with Crippen LogP contribution in [0.25, 0.3) is 0 Å². The normalized spacial score (nSPS) is 22.6. The van der Waals surface area contributed by atoms with Crippen LogP contribution in [0.4, 0.5) is 5.69 Å². The molecule has 4 nitrogen and oxygen atoms in total. The largest absolute Gasteiger partial charge is 0.394 e. The maximum Gasteiger partial charge on any atom is 0.0988 e. The molecule has 1 aliphatic rings. The van der Waals surface area contributed by atoms with Gasteiger partial charge in [-0.05, 0) is 38.0 Å². The zero-order valence-corrected chi connectivity index (χ0v) is 12.0. The topological polar surface area (TPSA) is 58.7 Å². The van der Waals surface area contributed by atoms with Gasteiger partial charge in [0, 0.05) is 25.3 Å². The number of ether oxygens (including phenoxy) is 1. The van der Waals surface area contributed by atoms with Crippen molar-refractivity contribution >= 4 is 5.69 Å². The van der Waals surface area contributed by atoms with Gasteiger partial charge in [-0.3, -0.25) is 0 Å². The standard InChI is InChI=1S/C15H24N2O2/c1-11-4-5-12(7-16)14(6-11)17-8-13(9-18)19-15(2,3)10-17/h4-6,13,18H,7-10,16H2,1-3H3. The fraction of sp³-hybridized carbons (Fsp3) is 0.600. The van der Waals surface area contributed by atoms with Crippen molar-refractivity contribution in [1.82, 2.24) is 0 Å². The summed E-state index contributed by atoms with van der Waals surface area (Å²) in [5.41, 5.74) is 9.09. The van der Waals surface area contributed by atoms with E-state index in [1.165, 1.54) is 5.56 Å². The second kappa shape index (κ2) is 5.49. The van der Waals surface area contributed by atoms with Gasteiger partial charge < -0.3 is 20.5 Å². The van der Waals surface area contributed by atoms with Gasteiger partial charge >= 0.3 is 0 Å². The lowest BCUT2D eigenvalue weighted by Gasteiger charge is -2.44. The molecule has 1 aromatic rings. The Morgan fingerprint density at radius 3 is 2.84 bits per heavy atom. The quantitative estimate of drug-likeness (QED) is 0.867. The molecule has 0 radical (unpaired) electrons. The van der Waals surface area contributed by atoms with Gasteiger partial charge in [0.05, 0.1) is 18.3 Å². The molecule has 3 N–H and O–H groups in total. The average Bonchev–Trinajstić information content (AvgIpc) is 2.36. The third kappa shape index (κ3) is 3.26. The van der Waals surface area contributed by atoms with Crippen LogP contribution in [0.1, 0.15) is 25.0 Å². The zero-order chi connectivity index (χ0) is 14.0. The van der Waals surface area contributed by atoms with E-state index in [1.54, 1.807) is 0 Å². The number of hydrogen-bond acceptors (Lipinski definition) is 4. The summed E-state index contributed by atoms with van der Waals surface area (Å²) in [6, 6.07) is 6.33. The molecule has 0 aromatic heterocycles. The summed E-state index contributed by atoms with van der Waals surface area (Å²) < 4.78 is 5.86. The number of hydrogen-bond donors (Lipinski definition) is 2. The second-order valence-electron chi connectivity index (χ2n) is 5.90. The van der Waals surface area contributed by atoms with Crippen molar-refractivity contribution in [3.63, 3.8) is 0 Å². The van der Waals surface area contributed by atoms with Crippen LogP contribution in [-0.2, 0) is 11.3 Å². The van der Waals surface area contributed by atoms with Crippen LogP contribution in [0.5, 0.6) is 0 Å². The molecule has 106 valence electrons. The molecule has 1 saturated heterocycles. The van der Waals surface area contributed by atoms with Crippen LogP contribution in [0, 0.1) is 6.92 Å². The number of morpholine rings is 1. The van der Waals surface area contributed by atoms with E-state index in [4.69, 9.17) is 10.5 Å². The van der Waals surface area contributed by atoms with Crippen molar-refractivity contribution in [1.29, 1.82) is 0 Å². The molecule has 1 fully saturated rings. The Morgan fingerprint density at radius 2 is 2.21 bits per heavy atom. The second-order valence-corrected chi connectivity index (χ2v) is 5.90. The van der Waals surface area contributed by atoms with Crippen molar-refractivity contribution in [2.75, 3.05) is 24.6 Å². The van der Waals surface area contributed by atoms with Gasteiger partial charge in [-0.15, -0.1) is 0 Å². The van der Waals surface area contributed by atoms with E-state index in [0.717, 1.165) is 17.8 Å².